The number of nitrogens with two attached hydrogens (primary N) is 1. The number of aliphatic imine (C=N–C) groups is 1. The van der Waals surface area contributed by atoms with Gasteiger partial charge in [0.1, 0.15) is 11.3 Å². The van der Waals surface area contributed by atoms with E-state index in [1.807, 2.05) is 31.2 Å². The minimum atomic E-state index is -1.00. The molecule has 1 aliphatic heterocycles. The second kappa shape index (κ2) is 6.35. The van der Waals surface area contributed by atoms with Gasteiger partial charge >= 0.3 is 0 Å². The third-order valence-corrected chi connectivity index (χ3v) is 7.28. The first kappa shape index (κ1) is 18.5. The first-order valence-electron chi connectivity index (χ1n) is 9.24. The maximum Gasteiger partial charge on any atom is 0.239 e. The maximum atomic E-state index is 13.2. The number of carbonyl (C=O) groups is 1. The topological polar surface area (TPSA) is 103 Å². The van der Waals surface area contributed by atoms with E-state index in [-0.39, 0.29) is 17.6 Å². The van der Waals surface area contributed by atoms with Crippen molar-refractivity contribution in [3.8, 4) is 11.8 Å². The largest absolute Gasteiger partial charge is 0.507 e. The van der Waals surface area contributed by atoms with Crippen molar-refractivity contribution >= 4 is 23.2 Å². The van der Waals surface area contributed by atoms with E-state index in [9.17, 15) is 15.2 Å². The van der Waals surface area contributed by atoms with Gasteiger partial charge in [0.2, 0.25) is 5.91 Å². The molecule has 1 aromatic carbocycles. The van der Waals surface area contributed by atoms with Crippen LogP contribution in [0.15, 0.2) is 40.7 Å². The van der Waals surface area contributed by atoms with E-state index < -0.39 is 16.9 Å². The van der Waals surface area contributed by atoms with Crippen molar-refractivity contribution < 1.29 is 9.90 Å². The summed E-state index contributed by atoms with van der Waals surface area (Å²) in [5.74, 6) is -0.552. The first-order valence-corrected chi connectivity index (χ1v) is 10.1. The predicted molar refractivity (Wildman–Crippen MR) is 108 cm³/mol. The van der Waals surface area contributed by atoms with E-state index in [1.165, 1.54) is 16.2 Å². The second-order valence-corrected chi connectivity index (χ2v) is 8.67. The lowest BCUT2D eigenvalue weighted by Crippen LogP contribution is -2.52. The summed E-state index contributed by atoms with van der Waals surface area (Å²) in [6.45, 7) is 1.83. The number of rotatable bonds is 3. The molecule has 1 unspecified atom stereocenters. The summed E-state index contributed by atoms with van der Waals surface area (Å²) in [4.78, 5) is 19.8. The maximum absolute atomic E-state index is 13.2. The van der Waals surface area contributed by atoms with Crippen molar-refractivity contribution in [3.63, 3.8) is 0 Å². The molecule has 1 aromatic heterocycles. The molecule has 144 valence electrons. The van der Waals surface area contributed by atoms with Gasteiger partial charge in [0.05, 0.1) is 22.3 Å². The molecule has 4 rings (SSSR count). The monoisotopic (exact) mass is 394 g/mol. The summed E-state index contributed by atoms with van der Waals surface area (Å²) in [6, 6.07) is 11.8. The van der Waals surface area contributed by atoms with Crippen LogP contribution in [0.5, 0.6) is 5.75 Å². The summed E-state index contributed by atoms with van der Waals surface area (Å²) in [7, 11) is 1.61. The van der Waals surface area contributed by atoms with E-state index >= 15 is 0 Å². The minimum Gasteiger partial charge on any atom is -0.507 e. The average molecular weight is 395 g/mol. The van der Waals surface area contributed by atoms with Gasteiger partial charge in [0.25, 0.3) is 0 Å². The lowest BCUT2D eigenvalue weighted by Gasteiger charge is -2.40. The molecule has 1 aliphatic carbocycles. The summed E-state index contributed by atoms with van der Waals surface area (Å²) < 4.78 is 0. The number of aromatic hydroxyl groups is 1. The van der Waals surface area contributed by atoms with Crippen molar-refractivity contribution in [2.24, 2.45) is 10.7 Å². The average Bonchev–Trinajstić information content (AvgIpc) is 3.07. The molecule has 28 heavy (non-hydrogen) atoms. The van der Waals surface area contributed by atoms with Crippen LogP contribution in [0, 0.1) is 11.3 Å². The quantitative estimate of drug-likeness (QED) is 0.834. The number of nitrogens with zero attached hydrogens (tertiary/aromatic N) is 3. The highest BCUT2D eigenvalue weighted by Crippen LogP contribution is 2.49. The zero-order valence-corrected chi connectivity index (χ0v) is 16.7. The van der Waals surface area contributed by atoms with Gasteiger partial charge in [-0.25, -0.2) is 4.99 Å². The first-order chi connectivity index (χ1) is 13.3. The van der Waals surface area contributed by atoms with Gasteiger partial charge < -0.3 is 10.8 Å². The van der Waals surface area contributed by atoms with Gasteiger partial charge in [-0.2, -0.15) is 5.26 Å². The molecule has 2 heterocycles. The van der Waals surface area contributed by atoms with E-state index in [0.29, 0.717) is 4.88 Å². The fourth-order valence-corrected chi connectivity index (χ4v) is 5.17. The number of hydrogen-bond acceptors (Lipinski definition) is 6. The number of nitriles is 1. The Morgan fingerprint density at radius 1 is 1.32 bits per heavy atom. The van der Waals surface area contributed by atoms with E-state index in [2.05, 4.69) is 11.1 Å². The van der Waals surface area contributed by atoms with Crippen LogP contribution in [-0.2, 0) is 15.7 Å². The van der Waals surface area contributed by atoms with Crippen LogP contribution in [-0.4, -0.2) is 28.9 Å². The fourth-order valence-electron chi connectivity index (χ4n) is 4.24. The predicted octanol–water partition coefficient (Wildman–Crippen LogP) is 3.18. The molecular weight excluding hydrogens is 372 g/mol. The highest BCUT2D eigenvalue weighted by molar-refractivity contribution is 7.10. The number of benzene rings is 1. The van der Waals surface area contributed by atoms with Gasteiger partial charge in [0.15, 0.2) is 5.96 Å². The molecule has 2 aromatic rings. The van der Waals surface area contributed by atoms with Crippen LogP contribution >= 0.6 is 11.3 Å². The Balaban J connectivity index is 1.81. The molecule has 2 atom stereocenters. The SMILES string of the molecule is CN1C(=O)C(c2ccc(C3(C#N)CCC3)cc2)[C@@](C)(c2sccc2O)N=C1N. The van der Waals surface area contributed by atoms with Crippen LogP contribution in [0.1, 0.15) is 48.1 Å². The number of thiophene rings is 1. The highest BCUT2D eigenvalue weighted by Gasteiger charge is 2.49. The molecular formula is C21H22N4O2S. The summed E-state index contributed by atoms with van der Waals surface area (Å²) in [6.07, 6.45) is 2.80. The molecule has 3 N–H and O–H groups in total. The molecule has 1 amide bonds. The van der Waals surface area contributed by atoms with Crippen molar-refractivity contribution in [2.45, 2.75) is 43.1 Å². The van der Waals surface area contributed by atoms with Crippen LogP contribution in [0.3, 0.4) is 0 Å². The molecule has 0 spiro atoms. The number of carbonyl (C=O) groups excluding carboxylic acids is 1. The zero-order chi connectivity index (χ0) is 20.1. The number of hydrogen-bond donors (Lipinski definition) is 2. The Labute approximate surface area is 167 Å². The van der Waals surface area contributed by atoms with Crippen LogP contribution in [0.4, 0.5) is 0 Å². The molecule has 2 aliphatic rings. The lowest BCUT2D eigenvalue weighted by atomic mass is 9.65. The molecule has 1 saturated carbocycles. The Morgan fingerprint density at radius 3 is 2.50 bits per heavy atom. The van der Waals surface area contributed by atoms with E-state index in [1.54, 1.807) is 18.5 Å². The Morgan fingerprint density at radius 2 is 2.00 bits per heavy atom. The standard InChI is InChI=1S/C21H22N4O2S/c1-20(17-15(26)8-11-28-17)16(18(27)25(2)19(23)24-20)13-4-6-14(7-5-13)21(12-22)9-3-10-21/h4-8,11,16,26H,3,9-10H2,1-2H3,(H2,23,24)/t16?,20-/m0/s1. The third kappa shape index (κ3) is 2.52. The van der Waals surface area contributed by atoms with Crippen molar-refractivity contribution in [3.05, 3.63) is 51.7 Å². The van der Waals surface area contributed by atoms with Crippen molar-refractivity contribution in [2.75, 3.05) is 7.05 Å². The second-order valence-electron chi connectivity index (χ2n) is 7.75. The number of likely N-dealkylation sites (N-methyl/N-ethyl adjacent to an activating group) is 1. The van der Waals surface area contributed by atoms with Gasteiger partial charge in [-0.1, -0.05) is 24.3 Å². The zero-order valence-electron chi connectivity index (χ0n) is 15.8. The highest BCUT2D eigenvalue weighted by atomic mass is 32.1. The normalized spacial score (nSPS) is 26.3. The van der Waals surface area contributed by atoms with Gasteiger partial charge in [0, 0.05) is 7.05 Å². The van der Waals surface area contributed by atoms with Crippen LogP contribution < -0.4 is 5.73 Å². The number of guanidine groups is 1. The molecule has 0 radical (unpaired) electrons. The van der Waals surface area contributed by atoms with Crippen LogP contribution in [0.25, 0.3) is 0 Å². The Bertz CT molecular complexity index is 1000. The summed E-state index contributed by atoms with van der Waals surface area (Å²) >= 11 is 1.36. The van der Waals surface area contributed by atoms with Crippen molar-refractivity contribution in [1.82, 2.24) is 4.90 Å². The Hall–Kier alpha value is -2.85. The molecule has 1 fully saturated rings. The summed E-state index contributed by atoms with van der Waals surface area (Å²) in [5, 5.41) is 21.7. The van der Waals surface area contributed by atoms with Gasteiger partial charge in [-0.3, -0.25) is 9.69 Å². The smallest absolute Gasteiger partial charge is 0.239 e. The fraction of sp³-hybridized carbons (Fsp3) is 0.381. The molecule has 7 heteroatoms. The minimum absolute atomic E-state index is 0.112. The number of amides is 1. The Kier molecular flexibility index (Phi) is 4.20. The van der Waals surface area contributed by atoms with Crippen LogP contribution in [0.2, 0.25) is 0 Å². The molecule has 0 bridgehead atoms. The summed E-state index contributed by atoms with van der Waals surface area (Å²) in [5.41, 5.74) is 6.39. The van der Waals surface area contributed by atoms with Gasteiger partial charge in [-0.15, -0.1) is 11.3 Å². The third-order valence-electron chi connectivity index (χ3n) is 6.15. The van der Waals surface area contributed by atoms with Gasteiger partial charge in [-0.05, 0) is 48.8 Å². The van der Waals surface area contributed by atoms with Crippen molar-refractivity contribution in [1.29, 1.82) is 5.26 Å². The van der Waals surface area contributed by atoms with E-state index in [0.717, 1.165) is 30.4 Å². The lowest BCUT2D eigenvalue weighted by molar-refractivity contribution is -0.130. The molecule has 6 nitrogen and oxygen atoms in total. The van der Waals surface area contributed by atoms with E-state index in [4.69, 9.17) is 5.73 Å². The molecule has 0 saturated heterocycles.